The number of carboxylic acid groups (broad SMARTS) is 1. The molecule has 0 aromatic heterocycles. The van der Waals surface area contributed by atoms with Crippen molar-refractivity contribution in [1.82, 2.24) is 0 Å². The highest BCUT2D eigenvalue weighted by Gasteiger charge is 2.13. The Morgan fingerprint density at radius 1 is 1.40 bits per heavy atom. The first kappa shape index (κ1) is 14.3. The molecule has 0 aliphatic rings. The molecule has 2 aromatic carbocycles. The molecular weight excluding hydrogens is 327 g/mol. The van der Waals surface area contributed by atoms with Gasteiger partial charge in [0.25, 0.3) is 0 Å². The van der Waals surface area contributed by atoms with E-state index in [4.69, 9.17) is 10.8 Å². The zero-order valence-corrected chi connectivity index (χ0v) is 12.2. The molecular formula is C14H12BrFN2O2. The maximum atomic E-state index is 13.7. The van der Waals surface area contributed by atoms with E-state index in [2.05, 4.69) is 21.2 Å². The van der Waals surface area contributed by atoms with E-state index >= 15 is 0 Å². The van der Waals surface area contributed by atoms with Crippen molar-refractivity contribution in [3.63, 3.8) is 0 Å². The highest BCUT2D eigenvalue weighted by molar-refractivity contribution is 9.10. The van der Waals surface area contributed by atoms with E-state index in [9.17, 15) is 9.18 Å². The molecule has 0 aliphatic heterocycles. The van der Waals surface area contributed by atoms with Crippen LogP contribution in [0, 0.1) is 12.7 Å². The lowest BCUT2D eigenvalue weighted by atomic mass is 10.1. The minimum absolute atomic E-state index is 0.0139. The Hall–Kier alpha value is -2.08. The van der Waals surface area contributed by atoms with E-state index < -0.39 is 11.8 Å². The lowest BCUT2D eigenvalue weighted by molar-refractivity contribution is 0.0698. The molecule has 0 heterocycles. The molecule has 20 heavy (non-hydrogen) atoms. The van der Waals surface area contributed by atoms with Gasteiger partial charge >= 0.3 is 5.97 Å². The number of anilines is 3. The van der Waals surface area contributed by atoms with Gasteiger partial charge in [0.15, 0.2) is 0 Å². The minimum Gasteiger partial charge on any atom is -0.478 e. The fourth-order valence-corrected chi connectivity index (χ4v) is 2.25. The second-order valence-corrected chi connectivity index (χ2v) is 5.14. The van der Waals surface area contributed by atoms with Gasteiger partial charge in [-0.1, -0.05) is 6.07 Å². The van der Waals surface area contributed by atoms with Crippen LogP contribution in [0.4, 0.5) is 21.5 Å². The SMILES string of the molecule is Cc1cc(Nc2c(F)cccc2Br)cc(C(=O)O)c1N. The lowest BCUT2D eigenvalue weighted by Gasteiger charge is -2.13. The molecule has 2 aromatic rings. The third-order valence-electron chi connectivity index (χ3n) is 2.85. The fourth-order valence-electron chi connectivity index (χ4n) is 1.81. The topological polar surface area (TPSA) is 75.3 Å². The van der Waals surface area contributed by atoms with Gasteiger partial charge < -0.3 is 16.2 Å². The summed E-state index contributed by atoms with van der Waals surface area (Å²) >= 11 is 3.24. The monoisotopic (exact) mass is 338 g/mol. The molecule has 4 nitrogen and oxygen atoms in total. The van der Waals surface area contributed by atoms with Gasteiger partial charge in [-0.3, -0.25) is 0 Å². The molecule has 4 N–H and O–H groups in total. The van der Waals surface area contributed by atoms with Crippen LogP contribution in [0.15, 0.2) is 34.8 Å². The number of halogens is 2. The van der Waals surface area contributed by atoms with Crippen molar-refractivity contribution in [2.45, 2.75) is 6.92 Å². The normalized spacial score (nSPS) is 10.3. The number of nitrogens with two attached hydrogens (primary N) is 1. The largest absolute Gasteiger partial charge is 0.478 e. The smallest absolute Gasteiger partial charge is 0.337 e. The number of carbonyl (C=O) groups is 1. The summed E-state index contributed by atoms with van der Waals surface area (Å²) in [7, 11) is 0. The standard InChI is InChI=1S/C14H12BrFN2O2/c1-7-5-8(6-9(12(7)17)14(19)20)18-13-10(15)3-2-4-11(13)16/h2-6,18H,17H2,1H3,(H,19,20). The summed E-state index contributed by atoms with van der Waals surface area (Å²) in [6, 6.07) is 7.62. The molecule has 6 heteroatoms. The number of carboxylic acids is 1. The van der Waals surface area contributed by atoms with Crippen molar-refractivity contribution in [1.29, 1.82) is 0 Å². The molecule has 0 atom stereocenters. The molecule has 0 unspecified atom stereocenters. The minimum atomic E-state index is -1.12. The average Bonchev–Trinajstić information content (AvgIpc) is 2.37. The van der Waals surface area contributed by atoms with Gasteiger partial charge in [0.05, 0.1) is 11.3 Å². The Morgan fingerprint density at radius 3 is 2.70 bits per heavy atom. The first-order valence-corrected chi connectivity index (χ1v) is 6.54. The first-order chi connectivity index (χ1) is 9.40. The first-order valence-electron chi connectivity index (χ1n) is 5.74. The Kier molecular flexibility index (Phi) is 3.94. The van der Waals surface area contributed by atoms with Gasteiger partial charge in [-0.25, -0.2) is 9.18 Å². The summed E-state index contributed by atoms with van der Waals surface area (Å²) in [5.41, 5.74) is 7.22. The molecule has 0 saturated heterocycles. The van der Waals surface area contributed by atoms with Gasteiger partial charge in [-0.2, -0.15) is 0 Å². The van der Waals surface area contributed by atoms with Crippen LogP contribution in [0.5, 0.6) is 0 Å². The van der Waals surface area contributed by atoms with E-state index in [0.717, 1.165) is 0 Å². The average molecular weight is 339 g/mol. The summed E-state index contributed by atoms with van der Waals surface area (Å²) in [4.78, 5) is 11.1. The van der Waals surface area contributed by atoms with Gasteiger partial charge in [0, 0.05) is 15.8 Å². The molecule has 0 aliphatic carbocycles. The summed E-state index contributed by atoms with van der Waals surface area (Å²) < 4.78 is 14.3. The molecule has 0 fully saturated rings. The second kappa shape index (κ2) is 5.50. The maximum Gasteiger partial charge on any atom is 0.337 e. The summed E-state index contributed by atoms with van der Waals surface area (Å²) in [6.45, 7) is 1.70. The number of nitrogens with one attached hydrogen (secondary N) is 1. The van der Waals surface area contributed by atoms with E-state index in [-0.39, 0.29) is 16.9 Å². The van der Waals surface area contributed by atoms with Crippen LogP contribution < -0.4 is 11.1 Å². The van der Waals surface area contributed by atoms with Crippen LogP contribution >= 0.6 is 15.9 Å². The lowest BCUT2D eigenvalue weighted by Crippen LogP contribution is -2.06. The molecule has 0 saturated carbocycles. The van der Waals surface area contributed by atoms with Crippen molar-refractivity contribution in [2.75, 3.05) is 11.1 Å². The van der Waals surface area contributed by atoms with Crippen molar-refractivity contribution in [3.8, 4) is 0 Å². The van der Waals surface area contributed by atoms with Crippen LogP contribution in [0.25, 0.3) is 0 Å². The van der Waals surface area contributed by atoms with Crippen LogP contribution in [-0.2, 0) is 0 Å². The molecule has 104 valence electrons. The number of hydrogen-bond donors (Lipinski definition) is 3. The van der Waals surface area contributed by atoms with E-state index in [1.807, 2.05) is 0 Å². The predicted molar refractivity (Wildman–Crippen MR) is 79.9 cm³/mol. The molecule has 0 bridgehead atoms. The summed E-state index contributed by atoms with van der Waals surface area (Å²) in [6.07, 6.45) is 0. The Bertz CT molecular complexity index is 669. The summed E-state index contributed by atoms with van der Waals surface area (Å²) in [5.74, 6) is -1.56. The van der Waals surface area contributed by atoms with Crippen LogP contribution in [-0.4, -0.2) is 11.1 Å². The number of rotatable bonds is 3. The number of nitrogen functional groups attached to an aromatic ring is 1. The molecule has 0 spiro atoms. The number of aryl methyl sites for hydroxylation is 1. The van der Waals surface area contributed by atoms with Crippen molar-refractivity contribution >= 4 is 39.0 Å². The number of aromatic carboxylic acids is 1. The Morgan fingerprint density at radius 2 is 2.10 bits per heavy atom. The highest BCUT2D eigenvalue weighted by atomic mass is 79.9. The molecule has 2 rings (SSSR count). The van der Waals surface area contributed by atoms with Gasteiger partial charge in [0.1, 0.15) is 5.82 Å². The molecule has 0 amide bonds. The summed E-state index contributed by atoms with van der Waals surface area (Å²) in [5, 5.41) is 12.0. The number of para-hydroxylation sites is 1. The van der Waals surface area contributed by atoms with Crippen LogP contribution in [0.2, 0.25) is 0 Å². The van der Waals surface area contributed by atoms with Crippen molar-refractivity contribution in [3.05, 3.63) is 51.7 Å². The van der Waals surface area contributed by atoms with Gasteiger partial charge in [0.2, 0.25) is 0 Å². The van der Waals surface area contributed by atoms with E-state index in [0.29, 0.717) is 15.7 Å². The van der Waals surface area contributed by atoms with Crippen LogP contribution in [0.1, 0.15) is 15.9 Å². The highest BCUT2D eigenvalue weighted by Crippen LogP contribution is 2.31. The Labute approximate surface area is 123 Å². The van der Waals surface area contributed by atoms with Gasteiger partial charge in [-0.05, 0) is 52.7 Å². The molecule has 0 radical (unpaired) electrons. The Balaban J connectivity index is 2.47. The van der Waals surface area contributed by atoms with Crippen molar-refractivity contribution in [2.24, 2.45) is 0 Å². The van der Waals surface area contributed by atoms with E-state index in [1.54, 1.807) is 25.1 Å². The third kappa shape index (κ3) is 2.75. The second-order valence-electron chi connectivity index (χ2n) is 4.28. The number of hydrogen-bond acceptors (Lipinski definition) is 3. The fraction of sp³-hybridized carbons (Fsp3) is 0.0714. The van der Waals surface area contributed by atoms with Crippen molar-refractivity contribution < 1.29 is 14.3 Å². The van der Waals surface area contributed by atoms with Gasteiger partial charge in [-0.15, -0.1) is 0 Å². The van der Waals surface area contributed by atoms with Crippen LogP contribution in [0.3, 0.4) is 0 Å². The zero-order valence-electron chi connectivity index (χ0n) is 10.6. The van der Waals surface area contributed by atoms with E-state index in [1.165, 1.54) is 12.1 Å². The maximum absolute atomic E-state index is 13.7. The third-order valence-corrected chi connectivity index (χ3v) is 3.51. The quantitative estimate of drug-likeness (QED) is 0.741. The predicted octanol–water partition coefficient (Wildman–Crippen LogP) is 3.92. The number of benzene rings is 2. The zero-order chi connectivity index (χ0) is 14.9.